The van der Waals surface area contributed by atoms with Gasteiger partial charge in [-0.1, -0.05) is 0 Å². The van der Waals surface area contributed by atoms with Crippen LogP contribution < -0.4 is 14.5 Å². The highest BCUT2D eigenvalue weighted by Crippen LogP contribution is 2.41. The van der Waals surface area contributed by atoms with E-state index in [9.17, 15) is 0 Å². The van der Waals surface area contributed by atoms with Gasteiger partial charge in [-0.15, -0.1) is 0 Å². The molecule has 44 heavy (non-hydrogen) atoms. The van der Waals surface area contributed by atoms with Gasteiger partial charge in [-0.2, -0.15) is 5.10 Å². The van der Waals surface area contributed by atoms with Gasteiger partial charge in [0.1, 0.15) is 11.3 Å². The van der Waals surface area contributed by atoms with Crippen molar-refractivity contribution in [3.8, 4) is 22.8 Å². The Morgan fingerprint density at radius 2 is 1.91 bits per heavy atom. The molecule has 4 saturated heterocycles. The summed E-state index contributed by atoms with van der Waals surface area (Å²) in [6.07, 6.45) is 8.92. The number of aromatic nitrogens is 7. The van der Waals surface area contributed by atoms with Crippen LogP contribution in [0.5, 0.6) is 5.75 Å². The molecule has 0 saturated carbocycles. The Kier molecular flexibility index (Phi) is 5.71. The maximum Gasteiger partial charge on any atom is 0.206 e. The van der Waals surface area contributed by atoms with Crippen LogP contribution in [0.15, 0.2) is 36.8 Å². The van der Waals surface area contributed by atoms with E-state index in [0.29, 0.717) is 11.5 Å². The van der Waals surface area contributed by atoms with E-state index < -0.39 is 0 Å². The van der Waals surface area contributed by atoms with E-state index in [2.05, 4.69) is 38.5 Å². The molecular weight excluding hydrogens is 558 g/mol. The summed E-state index contributed by atoms with van der Waals surface area (Å²) < 4.78 is 21.3. The zero-order chi connectivity index (χ0) is 29.6. The first-order valence-corrected chi connectivity index (χ1v) is 15.4. The van der Waals surface area contributed by atoms with E-state index in [1.54, 1.807) is 19.5 Å². The number of morpholine rings is 1. The molecule has 9 heterocycles. The molecule has 0 radical (unpaired) electrons. The third-order valence-electron chi connectivity index (χ3n) is 10.2. The van der Waals surface area contributed by atoms with Gasteiger partial charge in [0.25, 0.3) is 0 Å². The summed E-state index contributed by atoms with van der Waals surface area (Å²) in [5, 5.41) is 5.83. The molecule has 2 atom stereocenters. The lowest BCUT2D eigenvalue weighted by atomic mass is 9.77. The first kappa shape index (κ1) is 26.1. The molecular formula is C32H35N9O3. The molecule has 0 aromatic carbocycles. The molecule has 12 heteroatoms. The van der Waals surface area contributed by atoms with Gasteiger partial charge in [0.2, 0.25) is 5.95 Å². The van der Waals surface area contributed by atoms with Crippen LogP contribution in [0.3, 0.4) is 0 Å². The second-order valence-corrected chi connectivity index (χ2v) is 12.8. The average molecular weight is 594 g/mol. The summed E-state index contributed by atoms with van der Waals surface area (Å²) in [4.78, 5) is 24.6. The number of fused-ring (bicyclic) bond motifs is 4. The molecule has 2 bridgehead atoms. The molecule has 226 valence electrons. The lowest BCUT2D eigenvalue weighted by Gasteiger charge is -2.47. The molecule has 1 spiro atoms. The number of pyridine rings is 3. The van der Waals surface area contributed by atoms with Crippen LogP contribution in [0.2, 0.25) is 0 Å². The average Bonchev–Trinajstić information content (AvgIpc) is 3.84. The fourth-order valence-corrected chi connectivity index (χ4v) is 7.51. The monoisotopic (exact) mass is 593 g/mol. The number of anilines is 2. The second-order valence-electron chi connectivity index (χ2n) is 12.8. The molecule has 0 aliphatic carbocycles. The van der Waals surface area contributed by atoms with Gasteiger partial charge in [-0.05, 0) is 38.3 Å². The van der Waals surface area contributed by atoms with Crippen LogP contribution in [0.4, 0.5) is 11.8 Å². The number of methoxy groups -OCH3 is 1. The van der Waals surface area contributed by atoms with Crippen LogP contribution in [-0.4, -0.2) is 93.0 Å². The van der Waals surface area contributed by atoms with E-state index in [1.165, 1.54) is 0 Å². The first-order valence-electron chi connectivity index (χ1n) is 15.4. The zero-order valence-electron chi connectivity index (χ0n) is 25.2. The molecule has 4 fully saturated rings. The largest absolute Gasteiger partial charge is 0.496 e. The zero-order valence-corrected chi connectivity index (χ0v) is 25.2. The second kappa shape index (κ2) is 9.60. The topological polar surface area (TPSA) is 108 Å². The van der Waals surface area contributed by atoms with Crippen LogP contribution in [0.25, 0.3) is 39.0 Å². The molecule has 5 aromatic rings. The Morgan fingerprint density at radius 3 is 2.64 bits per heavy atom. The Labute approximate surface area is 254 Å². The smallest absolute Gasteiger partial charge is 0.206 e. The van der Waals surface area contributed by atoms with E-state index in [1.807, 2.05) is 23.9 Å². The molecule has 12 nitrogen and oxygen atoms in total. The predicted molar refractivity (Wildman–Crippen MR) is 166 cm³/mol. The molecule has 0 N–H and O–H groups in total. The summed E-state index contributed by atoms with van der Waals surface area (Å²) >= 11 is 0. The van der Waals surface area contributed by atoms with Crippen LogP contribution in [0, 0.1) is 12.3 Å². The number of rotatable bonds is 5. The number of piperidine rings is 1. The van der Waals surface area contributed by atoms with Gasteiger partial charge >= 0.3 is 0 Å². The first-order chi connectivity index (χ1) is 21.5. The van der Waals surface area contributed by atoms with Crippen molar-refractivity contribution in [2.45, 2.75) is 38.3 Å². The van der Waals surface area contributed by atoms with Crippen LogP contribution in [-0.2, 0) is 16.5 Å². The van der Waals surface area contributed by atoms with Crippen molar-refractivity contribution in [2.75, 3.05) is 56.4 Å². The summed E-state index contributed by atoms with van der Waals surface area (Å²) in [7, 11) is 3.79. The van der Waals surface area contributed by atoms with E-state index in [4.69, 9.17) is 34.3 Å². The van der Waals surface area contributed by atoms with Gasteiger partial charge in [-0.25, -0.2) is 14.6 Å². The van der Waals surface area contributed by atoms with Crippen molar-refractivity contribution in [1.82, 2.24) is 34.3 Å². The van der Waals surface area contributed by atoms with Crippen LogP contribution >= 0.6 is 0 Å². The third-order valence-corrected chi connectivity index (χ3v) is 10.2. The third kappa shape index (κ3) is 3.86. The van der Waals surface area contributed by atoms with Crippen LogP contribution in [0.1, 0.15) is 25.0 Å². The summed E-state index contributed by atoms with van der Waals surface area (Å²) in [5.74, 6) is 3.37. The Hall–Kier alpha value is -4.29. The number of ether oxygens (including phenoxy) is 3. The highest BCUT2D eigenvalue weighted by atomic mass is 16.5. The summed E-state index contributed by atoms with van der Waals surface area (Å²) in [5.41, 5.74) is 5.75. The lowest BCUT2D eigenvalue weighted by Crippen LogP contribution is -2.51. The van der Waals surface area contributed by atoms with Crippen molar-refractivity contribution in [2.24, 2.45) is 12.5 Å². The minimum atomic E-state index is 0.239. The Balaban J connectivity index is 1.19. The highest BCUT2D eigenvalue weighted by Gasteiger charge is 2.43. The molecule has 5 aromatic heterocycles. The van der Waals surface area contributed by atoms with Crippen molar-refractivity contribution >= 4 is 33.7 Å². The van der Waals surface area contributed by atoms with Gasteiger partial charge < -0.3 is 28.6 Å². The quantitative estimate of drug-likeness (QED) is 0.300. The van der Waals surface area contributed by atoms with Crippen molar-refractivity contribution in [3.63, 3.8) is 0 Å². The SMILES string of the molecule is COc1ccncc1-c1cc2c(cnn2-c2cc3c(nc(N4CCC5(CC4)COC5)n3C)c(N3C[C@H]4C[C@@H]3CO4)n2)c(C)n1. The number of aryl methyl sites for hydroxylation is 2. The molecule has 4 aliphatic heterocycles. The maximum absolute atomic E-state index is 5.97. The fourth-order valence-electron chi connectivity index (χ4n) is 7.51. The highest BCUT2D eigenvalue weighted by molar-refractivity contribution is 5.92. The number of hydrogen-bond donors (Lipinski definition) is 0. The summed E-state index contributed by atoms with van der Waals surface area (Å²) in [6, 6.07) is 6.33. The summed E-state index contributed by atoms with van der Waals surface area (Å²) in [6.45, 7) is 7.30. The number of imidazole rings is 1. The predicted octanol–water partition coefficient (Wildman–Crippen LogP) is 3.68. The Morgan fingerprint density at radius 1 is 1.05 bits per heavy atom. The normalized spacial score (nSPS) is 22.4. The van der Waals surface area contributed by atoms with Gasteiger partial charge in [-0.3, -0.25) is 9.97 Å². The van der Waals surface area contributed by atoms with Crippen molar-refractivity contribution in [3.05, 3.63) is 42.5 Å². The number of hydrogen-bond acceptors (Lipinski definition) is 10. The fraction of sp³-hybridized carbons (Fsp3) is 0.469. The van der Waals surface area contributed by atoms with Gasteiger partial charge in [0.15, 0.2) is 11.6 Å². The maximum atomic E-state index is 5.97. The van der Waals surface area contributed by atoms with Crippen molar-refractivity contribution in [1.29, 1.82) is 0 Å². The molecule has 9 rings (SSSR count). The number of nitrogens with zero attached hydrogens (tertiary/aromatic N) is 9. The van der Waals surface area contributed by atoms with E-state index in [0.717, 1.165) is 121 Å². The minimum absolute atomic E-state index is 0.239. The van der Waals surface area contributed by atoms with E-state index >= 15 is 0 Å². The van der Waals surface area contributed by atoms with Crippen molar-refractivity contribution < 1.29 is 14.2 Å². The lowest BCUT2D eigenvalue weighted by molar-refractivity contribution is -0.124. The molecule has 0 amide bonds. The van der Waals surface area contributed by atoms with Gasteiger partial charge in [0, 0.05) is 61.6 Å². The standard InChI is InChI=1S/C32H35N9O3/c1-19-22-14-34-41(25(22)11-24(35-19)23-13-33-7-4-27(23)42-3)28-12-26-29(30(36-28)40-15-21-10-20(40)16-44-21)37-31(38(26)2)39-8-5-32(6-9-39)17-43-18-32/h4,7,11-14,20-21H,5-6,8-10,15-18H2,1-3H3/t20-,21-/m1/s1. The molecule has 4 aliphatic rings. The van der Waals surface area contributed by atoms with E-state index in [-0.39, 0.29) is 6.10 Å². The van der Waals surface area contributed by atoms with Gasteiger partial charge in [0.05, 0.1) is 67.6 Å². The Bertz CT molecular complexity index is 1920. The molecule has 0 unspecified atom stereocenters. The minimum Gasteiger partial charge on any atom is -0.496 e.